The molecule has 0 aliphatic carbocycles. The molecule has 0 aliphatic rings. The highest BCUT2D eigenvalue weighted by Crippen LogP contribution is 2.20. The molecule has 0 saturated heterocycles. The van der Waals surface area contributed by atoms with Crippen LogP contribution >= 0.6 is 0 Å². The van der Waals surface area contributed by atoms with Gasteiger partial charge in [0.2, 0.25) is 0 Å². The molecule has 100 valence electrons. The van der Waals surface area contributed by atoms with E-state index in [1.165, 1.54) is 0 Å². The van der Waals surface area contributed by atoms with Crippen molar-refractivity contribution in [3.05, 3.63) is 66.2 Å². The third-order valence-electron chi connectivity index (χ3n) is 3.13. The Kier molecular flexibility index (Phi) is 3.21. The van der Waals surface area contributed by atoms with Crippen molar-refractivity contribution in [3.8, 4) is 0 Å². The predicted molar refractivity (Wildman–Crippen MR) is 76.2 cm³/mol. The molecule has 1 aromatic carbocycles. The number of para-hydroxylation sites is 1. The summed E-state index contributed by atoms with van der Waals surface area (Å²) in [6.45, 7) is 0.504. The Labute approximate surface area is 116 Å². The van der Waals surface area contributed by atoms with Crippen LogP contribution in [0.15, 0.2) is 59.3 Å². The lowest BCUT2D eigenvalue weighted by Gasteiger charge is -2.15. The number of nitrogens with zero attached hydrogens (tertiary/aromatic N) is 2. The van der Waals surface area contributed by atoms with Crippen molar-refractivity contribution in [2.24, 2.45) is 0 Å². The number of carbonyl (C=O) groups excluding carboxylic acids is 1. The average molecular weight is 266 g/mol. The van der Waals surface area contributed by atoms with Crippen LogP contribution < -0.4 is 0 Å². The summed E-state index contributed by atoms with van der Waals surface area (Å²) in [5.41, 5.74) is 1.71. The van der Waals surface area contributed by atoms with E-state index >= 15 is 0 Å². The summed E-state index contributed by atoms with van der Waals surface area (Å²) in [7, 11) is 1.75. The fourth-order valence-electron chi connectivity index (χ4n) is 2.11. The Balaban J connectivity index is 1.81. The number of pyridine rings is 1. The van der Waals surface area contributed by atoms with Gasteiger partial charge < -0.3 is 9.32 Å². The van der Waals surface area contributed by atoms with Crippen LogP contribution in [0.4, 0.5) is 0 Å². The SMILES string of the molecule is CN(Cc1cccnc1)C(=O)c1cc2ccccc2o1. The van der Waals surface area contributed by atoms with E-state index in [4.69, 9.17) is 4.42 Å². The van der Waals surface area contributed by atoms with Gasteiger partial charge in [0.15, 0.2) is 5.76 Å². The molecule has 1 amide bonds. The van der Waals surface area contributed by atoms with Crippen LogP contribution in [-0.2, 0) is 6.54 Å². The van der Waals surface area contributed by atoms with Gasteiger partial charge in [-0.15, -0.1) is 0 Å². The number of fused-ring (bicyclic) bond motifs is 1. The first-order valence-electron chi connectivity index (χ1n) is 6.37. The van der Waals surface area contributed by atoms with Gasteiger partial charge in [0, 0.05) is 31.4 Å². The minimum Gasteiger partial charge on any atom is -0.451 e. The molecule has 3 rings (SSSR count). The molecule has 4 heteroatoms. The first-order valence-corrected chi connectivity index (χ1v) is 6.37. The Morgan fingerprint density at radius 2 is 2.10 bits per heavy atom. The fraction of sp³-hybridized carbons (Fsp3) is 0.125. The molecule has 0 unspecified atom stereocenters. The number of carbonyl (C=O) groups is 1. The van der Waals surface area contributed by atoms with E-state index in [9.17, 15) is 4.79 Å². The smallest absolute Gasteiger partial charge is 0.289 e. The van der Waals surface area contributed by atoms with Gasteiger partial charge in [-0.3, -0.25) is 9.78 Å². The minimum absolute atomic E-state index is 0.134. The molecule has 4 nitrogen and oxygen atoms in total. The topological polar surface area (TPSA) is 46.3 Å². The summed E-state index contributed by atoms with van der Waals surface area (Å²) in [6.07, 6.45) is 3.47. The highest BCUT2D eigenvalue weighted by molar-refractivity contribution is 5.95. The molecular formula is C16H14N2O2. The van der Waals surface area contributed by atoms with Gasteiger partial charge in [-0.25, -0.2) is 0 Å². The zero-order chi connectivity index (χ0) is 13.9. The highest BCUT2D eigenvalue weighted by atomic mass is 16.3. The quantitative estimate of drug-likeness (QED) is 0.731. The van der Waals surface area contributed by atoms with Crippen LogP contribution in [0.3, 0.4) is 0 Å². The largest absolute Gasteiger partial charge is 0.451 e. The maximum absolute atomic E-state index is 12.3. The lowest BCUT2D eigenvalue weighted by Crippen LogP contribution is -2.25. The Bertz CT molecular complexity index is 701. The Morgan fingerprint density at radius 1 is 1.25 bits per heavy atom. The van der Waals surface area contributed by atoms with E-state index in [-0.39, 0.29) is 5.91 Å². The standard InChI is InChI=1S/C16H14N2O2/c1-18(11-12-5-4-8-17-10-12)16(19)15-9-13-6-2-3-7-14(13)20-15/h2-10H,11H2,1H3. The van der Waals surface area contributed by atoms with Crippen molar-refractivity contribution >= 4 is 16.9 Å². The van der Waals surface area contributed by atoms with Gasteiger partial charge in [0.1, 0.15) is 5.58 Å². The molecule has 0 N–H and O–H groups in total. The molecular weight excluding hydrogens is 252 g/mol. The maximum Gasteiger partial charge on any atom is 0.289 e. The van der Waals surface area contributed by atoms with Gasteiger partial charge in [-0.1, -0.05) is 24.3 Å². The second-order valence-electron chi connectivity index (χ2n) is 4.67. The number of hydrogen-bond acceptors (Lipinski definition) is 3. The Morgan fingerprint density at radius 3 is 2.85 bits per heavy atom. The van der Waals surface area contributed by atoms with Crippen molar-refractivity contribution in [2.75, 3.05) is 7.05 Å². The highest BCUT2D eigenvalue weighted by Gasteiger charge is 2.16. The first-order chi connectivity index (χ1) is 9.74. The van der Waals surface area contributed by atoms with Crippen LogP contribution in [0.2, 0.25) is 0 Å². The monoisotopic (exact) mass is 266 g/mol. The lowest BCUT2D eigenvalue weighted by atomic mass is 10.2. The van der Waals surface area contributed by atoms with E-state index in [0.29, 0.717) is 12.3 Å². The van der Waals surface area contributed by atoms with E-state index in [1.807, 2.05) is 36.4 Å². The second-order valence-corrected chi connectivity index (χ2v) is 4.67. The van der Waals surface area contributed by atoms with E-state index in [2.05, 4.69) is 4.98 Å². The van der Waals surface area contributed by atoms with Gasteiger partial charge >= 0.3 is 0 Å². The number of furan rings is 1. The summed E-state index contributed by atoms with van der Waals surface area (Å²) in [5, 5.41) is 0.936. The zero-order valence-electron chi connectivity index (χ0n) is 11.1. The number of amides is 1. The lowest BCUT2D eigenvalue weighted by molar-refractivity contribution is 0.0756. The fourth-order valence-corrected chi connectivity index (χ4v) is 2.11. The molecule has 3 aromatic rings. The van der Waals surface area contributed by atoms with Crippen LogP contribution in [0.5, 0.6) is 0 Å². The summed E-state index contributed by atoms with van der Waals surface area (Å²) >= 11 is 0. The third-order valence-corrected chi connectivity index (χ3v) is 3.13. The molecule has 0 fully saturated rings. The van der Waals surface area contributed by atoms with Crippen LogP contribution in [0, 0.1) is 0 Å². The summed E-state index contributed by atoms with van der Waals surface area (Å²) in [5.74, 6) is 0.225. The molecule has 0 atom stereocenters. The van der Waals surface area contributed by atoms with Crippen molar-refractivity contribution in [1.29, 1.82) is 0 Å². The normalized spacial score (nSPS) is 10.7. The molecule has 0 spiro atoms. The van der Waals surface area contributed by atoms with Gasteiger partial charge in [0.05, 0.1) is 0 Å². The second kappa shape index (κ2) is 5.17. The number of benzene rings is 1. The van der Waals surface area contributed by atoms with Crippen LogP contribution in [0.1, 0.15) is 16.1 Å². The van der Waals surface area contributed by atoms with E-state index in [1.54, 1.807) is 30.4 Å². The number of hydrogen-bond donors (Lipinski definition) is 0. The molecule has 20 heavy (non-hydrogen) atoms. The van der Waals surface area contributed by atoms with Crippen molar-refractivity contribution in [2.45, 2.75) is 6.54 Å². The predicted octanol–water partition coefficient (Wildman–Crippen LogP) is 3.10. The number of rotatable bonds is 3. The van der Waals surface area contributed by atoms with E-state index < -0.39 is 0 Å². The maximum atomic E-state index is 12.3. The van der Waals surface area contributed by atoms with Crippen LogP contribution in [0.25, 0.3) is 11.0 Å². The molecule has 2 heterocycles. The number of aromatic nitrogens is 1. The first kappa shape index (κ1) is 12.4. The minimum atomic E-state index is -0.134. The molecule has 0 bridgehead atoms. The third kappa shape index (κ3) is 2.40. The van der Waals surface area contributed by atoms with Crippen molar-refractivity contribution in [1.82, 2.24) is 9.88 Å². The summed E-state index contributed by atoms with van der Waals surface area (Å²) in [6, 6.07) is 13.2. The van der Waals surface area contributed by atoms with E-state index in [0.717, 1.165) is 16.5 Å². The van der Waals surface area contributed by atoms with Gasteiger partial charge in [0.25, 0.3) is 5.91 Å². The van der Waals surface area contributed by atoms with Crippen molar-refractivity contribution in [3.63, 3.8) is 0 Å². The summed E-state index contributed by atoms with van der Waals surface area (Å²) in [4.78, 5) is 18.0. The summed E-state index contributed by atoms with van der Waals surface area (Å²) < 4.78 is 5.58. The van der Waals surface area contributed by atoms with Gasteiger partial charge in [-0.2, -0.15) is 0 Å². The van der Waals surface area contributed by atoms with Crippen molar-refractivity contribution < 1.29 is 9.21 Å². The zero-order valence-corrected chi connectivity index (χ0v) is 11.1. The average Bonchev–Trinajstić information content (AvgIpc) is 2.91. The molecule has 0 radical (unpaired) electrons. The van der Waals surface area contributed by atoms with Crippen LogP contribution in [-0.4, -0.2) is 22.8 Å². The Hall–Kier alpha value is -2.62. The molecule has 0 saturated carbocycles. The van der Waals surface area contributed by atoms with Gasteiger partial charge in [-0.05, 0) is 23.8 Å². The molecule has 2 aromatic heterocycles. The molecule has 0 aliphatic heterocycles.